The molecule has 0 aliphatic carbocycles. The molecule has 2 aliphatic heterocycles. The third kappa shape index (κ3) is 3.98. The number of nitrogens with zero attached hydrogens (tertiary/aromatic N) is 1. The Labute approximate surface area is 159 Å². The number of benzene rings is 2. The average molecular weight is 374 g/mol. The Morgan fingerprint density at radius 2 is 1.85 bits per heavy atom. The summed E-state index contributed by atoms with van der Waals surface area (Å²) in [5.74, 6) is 1.17. The monoisotopic (exact) mass is 373 g/mol. The summed E-state index contributed by atoms with van der Waals surface area (Å²) in [5.41, 5.74) is 1.56. The SMILES string of the molecule is Oc1ccc2c(c1)C[C@@H](CN1CCC(O)(Cc3ccc(Cl)cc3)CC1)O2. The highest BCUT2D eigenvalue weighted by Crippen LogP contribution is 2.33. The number of phenols is 1. The molecule has 0 amide bonds. The first-order chi connectivity index (χ1) is 12.5. The Hall–Kier alpha value is -1.75. The molecular formula is C21H24ClNO3. The number of aliphatic hydroxyl groups is 1. The second kappa shape index (κ2) is 7.10. The number of hydrogen-bond acceptors (Lipinski definition) is 4. The van der Waals surface area contributed by atoms with Crippen molar-refractivity contribution in [3.63, 3.8) is 0 Å². The van der Waals surface area contributed by atoms with Crippen molar-refractivity contribution in [2.24, 2.45) is 0 Å². The summed E-state index contributed by atoms with van der Waals surface area (Å²) in [6.07, 6.45) is 3.14. The molecule has 5 heteroatoms. The molecule has 1 atom stereocenters. The zero-order valence-electron chi connectivity index (χ0n) is 14.7. The van der Waals surface area contributed by atoms with E-state index >= 15 is 0 Å². The predicted octanol–water partition coefficient (Wildman–Crippen LogP) is 3.42. The molecule has 0 saturated carbocycles. The molecule has 1 fully saturated rings. The Morgan fingerprint density at radius 1 is 1.12 bits per heavy atom. The third-order valence-electron chi connectivity index (χ3n) is 5.48. The summed E-state index contributed by atoms with van der Waals surface area (Å²) in [6, 6.07) is 13.0. The van der Waals surface area contributed by atoms with E-state index in [1.165, 1.54) is 0 Å². The van der Waals surface area contributed by atoms with Gasteiger partial charge >= 0.3 is 0 Å². The molecule has 2 aromatic rings. The highest BCUT2D eigenvalue weighted by Gasteiger charge is 2.34. The van der Waals surface area contributed by atoms with E-state index in [4.69, 9.17) is 16.3 Å². The van der Waals surface area contributed by atoms with Crippen LogP contribution in [-0.4, -0.2) is 46.5 Å². The molecule has 0 radical (unpaired) electrons. The summed E-state index contributed by atoms with van der Waals surface area (Å²) < 4.78 is 6.00. The minimum absolute atomic E-state index is 0.120. The second-order valence-electron chi connectivity index (χ2n) is 7.56. The molecule has 2 heterocycles. The van der Waals surface area contributed by atoms with Crippen molar-refractivity contribution in [3.05, 3.63) is 58.6 Å². The maximum atomic E-state index is 10.9. The summed E-state index contributed by atoms with van der Waals surface area (Å²) in [5, 5.41) is 21.2. The quantitative estimate of drug-likeness (QED) is 0.862. The Bertz CT molecular complexity index is 769. The van der Waals surface area contributed by atoms with Crippen LogP contribution in [0.1, 0.15) is 24.0 Å². The first-order valence-corrected chi connectivity index (χ1v) is 9.55. The molecule has 4 nitrogen and oxygen atoms in total. The van der Waals surface area contributed by atoms with Crippen LogP contribution in [0.4, 0.5) is 0 Å². The number of aromatic hydroxyl groups is 1. The van der Waals surface area contributed by atoms with Gasteiger partial charge in [-0.2, -0.15) is 0 Å². The van der Waals surface area contributed by atoms with Gasteiger partial charge in [0, 0.05) is 43.1 Å². The molecule has 2 aromatic carbocycles. The fourth-order valence-electron chi connectivity index (χ4n) is 4.01. The third-order valence-corrected chi connectivity index (χ3v) is 5.73. The molecule has 0 spiro atoms. The van der Waals surface area contributed by atoms with Crippen molar-refractivity contribution in [1.29, 1.82) is 0 Å². The van der Waals surface area contributed by atoms with Crippen LogP contribution in [-0.2, 0) is 12.8 Å². The lowest BCUT2D eigenvalue weighted by atomic mass is 9.85. The molecule has 2 aliphatic rings. The molecule has 138 valence electrons. The van der Waals surface area contributed by atoms with Crippen LogP contribution in [0, 0.1) is 0 Å². The van der Waals surface area contributed by atoms with Crippen molar-refractivity contribution in [2.75, 3.05) is 19.6 Å². The van der Waals surface area contributed by atoms with Gasteiger partial charge in [-0.1, -0.05) is 23.7 Å². The number of rotatable bonds is 4. The Balaban J connectivity index is 1.29. The summed E-state index contributed by atoms with van der Waals surface area (Å²) in [4.78, 5) is 2.37. The van der Waals surface area contributed by atoms with Crippen LogP contribution in [0.5, 0.6) is 11.5 Å². The van der Waals surface area contributed by atoms with Gasteiger partial charge in [0.15, 0.2) is 0 Å². The minimum Gasteiger partial charge on any atom is -0.508 e. The summed E-state index contributed by atoms with van der Waals surface area (Å²) in [6.45, 7) is 2.59. The smallest absolute Gasteiger partial charge is 0.123 e. The van der Waals surface area contributed by atoms with Crippen LogP contribution in [0.15, 0.2) is 42.5 Å². The lowest BCUT2D eigenvalue weighted by molar-refractivity contribution is -0.0264. The van der Waals surface area contributed by atoms with Crippen LogP contribution >= 0.6 is 11.6 Å². The first kappa shape index (κ1) is 17.7. The van der Waals surface area contributed by atoms with Crippen molar-refractivity contribution < 1.29 is 14.9 Å². The van der Waals surface area contributed by atoms with Gasteiger partial charge in [0.1, 0.15) is 17.6 Å². The van der Waals surface area contributed by atoms with E-state index in [1.54, 1.807) is 12.1 Å². The maximum Gasteiger partial charge on any atom is 0.123 e. The van der Waals surface area contributed by atoms with Gasteiger partial charge in [-0.05, 0) is 48.7 Å². The number of fused-ring (bicyclic) bond motifs is 1. The summed E-state index contributed by atoms with van der Waals surface area (Å²) >= 11 is 5.94. The van der Waals surface area contributed by atoms with Crippen molar-refractivity contribution in [1.82, 2.24) is 4.90 Å². The van der Waals surface area contributed by atoms with Crippen LogP contribution in [0.3, 0.4) is 0 Å². The number of halogens is 1. The number of hydrogen-bond donors (Lipinski definition) is 2. The van der Waals surface area contributed by atoms with Gasteiger partial charge in [-0.25, -0.2) is 0 Å². The van der Waals surface area contributed by atoms with Crippen molar-refractivity contribution in [3.8, 4) is 11.5 Å². The highest BCUT2D eigenvalue weighted by molar-refractivity contribution is 6.30. The minimum atomic E-state index is -0.643. The van der Waals surface area contributed by atoms with Gasteiger partial charge < -0.3 is 14.9 Å². The fraction of sp³-hybridized carbons (Fsp3) is 0.429. The second-order valence-corrected chi connectivity index (χ2v) is 8.00. The Kier molecular flexibility index (Phi) is 4.82. The standard InChI is InChI=1S/C21H24ClNO3/c22-17-3-1-15(2-4-17)13-21(25)7-9-23(10-8-21)14-19-12-16-11-18(24)5-6-20(16)26-19/h1-6,11,19,24-25H,7-10,12-14H2/t19-/m0/s1. The molecular weight excluding hydrogens is 350 g/mol. The van der Waals surface area contributed by atoms with E-state index in [0.717, 1.165) is 60.8 Å². The molecule has 0 unspecified atom stereocenters. The van der Waals surface area contributed by atoms with Gasteiger partial charge in [0.05, 0.1) is 5.60 Å². The van der Waals surface area contributed by atoms with E-state index < -0.39 is 5.60 Å². The van der Waals surface area contributed by atoms with Crippen LogP contribution < -0.4 is 4.74 Å². The Morgan fingerprint density at radius 3 is 2.58 bits per heavy atom. The molecule has 4 rings (SSSR count). The lowest BCUT2D eigenvalue weighted by Crippen LogP contribution is -2.48. The van der Waals surface area contributed by atoms with Crippen molar-refractivity contribution in [2.45, 2.75) is 37.4 Å². The average Bonchev–Trinajstić information content (AvgIpc) is 3.01. The predicted molar refractivity (Wildman–Crippen MR) is 102 cm³/mol. The molecule has 1 saturated heterocycles. The normalized spacial score (nSPS) is 22.0. The van der Waals surface area contributed by atoms with E-state index in [2.05, 4.69) is 4.90 Å². The number of likely N-dealkylation sites (tertiary alicyclic amines) is 1. The van der Waals surface area contributed by atoms with Gasteiger partial charge in [-0.15, -0.1) is 0 Å². The molecule has 2 N–H and O–H groups in total. The van der Waals surface area contributed by atoms with E-state index in [9.17, 15) is 10.2 Å². The fourth-order valence-corrected chi connectivity index (χ4v) is 4.13. The highest BCUT2D eigenvalue weighted by atomic mass is 35.5. The van der Waals surface area contributed by atoms with Crippen molar-refractivity contribution >= 4 is 11.6 Å². The molecule has 26 heavy (non-hydrogen) atoms. The number of phenolic OH excluding ortho intramolecular Hbond substituents is 1. The first-order valence-electron chi connectivity index (χ1n) is 9.17. The lowest BCUT2D eigenvalue weighted by Gasteiger charge is -2.39. The largest absolute Gasteiger partial charge is 0.508 e. The molecule has 0 bridgehead atoms. The van der Waals surface area contributed by atoms with E-state index in [1.807, 2.05) is 30.3 Å². The van der Waals surface area contributed by atoms with Gasteiger partial charge in [0.2, 0.25) is 0 Å². The van der Waals surface area contributed by atoms with Crippen LogP contribution in [0.25, 0.3) is 0 Å². The summed E-state index contributed by atoms with van der Waals surface area (Å²) in [7, 11) is 0. The zero-order valence-corrected chi connectivity index (χ0v) is 15.5. The topological polar surface area (TPSA) is 52.9 Å². The van der Waals surface area contributed by atoms with Gasteiger partial charge in [0.25, 0.3) is 0 Å². The number of ether oxygens (including phenoxy) is 1. The zero-order chi connectivity index (χ0) is 18.1. The van der Waals surface area contributed by atoms with Crippen LogP contribution in [0.2, 0.25) is 5.02 Å². The number of piperidine rings is 1. The van der Waals surface area contributed by atoms with E-state index in [-0.39, 0.29) is 6.10 Å². The maximum absolute atomic E-state index is 10.9. The molecule has 0 aromatic heterocycles. The van der Waals surface area contributed by atoms with E-state index in [0.29, 0.717) is 12.2 Å². The van der Waals surface area contributed by atoms with Gasteiger partial charge in [-0.3, -0.25) is 4.90 Å².